The van der Waals surface area contributed by atoms with Crippen LogP contribution in [0.2, 0.25) is 0 Å². The summed E-state index contributed by atoms with van der Waals surface area (Å²) in [7, 11) is 0. The van der Waals surface area contributed by atoms with Crippen LogP contribution in [0.15, 0.2) is 24.3 Å². The number of ketones is 1. The first-order chi connectivity index (χ1) is 11.5. The van der Waals surface area contributed by atoms with E-state index in [0.717, 1.165) is 12.8 Å². The van der Waals surface area contributed by atoms with E-state index in [1.807, 2.05) is 0 Å². The van der Waals surface area contributed by atoms with Crippen LogP contribution >= 0.6 is 0 Å². The molecule has 0 bridgehead atoms. The molecule has 0 aliphatic heterocycles. The molecule has 1 aliphatic rings. The number of amides is 1. The second-order valence-electron chi connectivity index (χ2n) is 6.09. The summed E-state index contributed by atoms with van der Waals surface area (Å²) in [5.41, 5.74) is 0.589. The van der Waals surface area contributed by atoms with E-state index in [1.54, 1.807) is 24.3 Å². The molecule has 24 heavy (non-hydrogen) atoms. The number of carboxylic acids is 1. The number of carbonyl (C=O) groups is 3. The lowest BCUT2D eigenvalue weighted by Gasteiger charge is -2.17. The Balaban J connectivity index is 1.70. The highest BCUT2D eigenvalue weighted by Gasteiger charge is 2.33. The number of hydrogen-bond donors (Lipinski definition) is 2. The molecule has 1 aromatic carbocycles. The van der Waals surface area contributed by atoms with E-state index in [0.29, 0.717) is 30.8 Å². The first-order valence-corrected chi connectivity index (χ1v) is 8.23. The summed E-state index contributed by atoms with van der Waals surface area (Å²) in [4.78, 5) is 34.3. The lowest BCUT2D eigenvalue weighted by Crippen LogP contribution is -2.40. The average molecular weight is 333 g/mol. The van der Waals surface area contributed by atoms with Crippen molar-refractivity contribution in [3.63, 3.8) is 0 Å². The van der Waals surface area contributed by atoms with Gasteiger partial charge < -0.3 is 15.2 Å². The summed E-state index contributed by atoms with van der Waals surface area (Å²) < 4.78 is 5.55. The molecule has 2 atom stereocenters. The highest BCUT2D eigenvalue weighted by Crippen LogP contribution is 2.25. The maximum Gasteiger partial charge on any atom is 0.308 e. The molecular formula is C18H23NO5. The summed E-state index contributed by atoms with van der Waals surface area (Å²) in [5.74, 6) is -0.880. The van der Waals surface area contributed by atoms with E-state index < -0.39 is 11.9 Å². The van der Waals surface area contributed by atoms with Gasteiger partial charge in [0.15, 0.2) is 5.78 Å². The van der Waals surface area contributed by atoms with Crippen molar-refractivity contribution in [1.29, 1.82) is 0 Å². The van der Waals surface area contributed by atoms with E-state index in [4.69, 9.17) is 9.84 Å². The van der Waals surface area contributed by atoms with Crippen LogP contribution in [0.25, 0.3) is 0 Å². The SMILES string of the molecule is CC(=O)c1cccc(OCCCC(=O)N[C@@H]2CCC[C@@H]2C(=O)O)c1. The Morgan fingerprint density at radius 3 is 2.79 bits per heavy atom. The van der Waals surface area contributed by atoms with Gasteiger partial charge in [0.2, 0.25) is 5.91 Å². The molecule has 0 heterocycles. The molecule has 2 N–H and O–H groups in total. The van der Waals surface area contributed by atoms with Crippen LogP contribution < -0.4 is 10.1 Å². The molecule has 1 amide bonds. The summed E-state index contributed by atoms with van der Waals surface area (Å²) in [6, 6.07) is 6.66. The number of Topliss-reactive ketones (excluding diaryl/α,β-unsaturated/α-hetero) is 1. The zero-order chi connectivity index (χ0) is 17.5. The van der Waals surface area contributed by atoms with Crippen LogP contribution in [0.5, 0.6) is 5.75 Å². The third-order valence-corrected chi connectivity index (χ3v) is 4.24. The van der Waals surface area contributed by atoms with Crippen molar-refractivity contribution < 1.29 is 24.2 Å². The third kappa shape index (κ3) is 5.08. The molecule has 0 unspecified atom stereocenters. The number of aliphatic carboxylic acids is 1. The Morgan fingerprint density at radius 1 is 1.29 bits per heavy atom. The molecule has 1 aromatic rings. The van der Waals surface area contributed by atoms with Crippen LogP contribution in [0.4, 0.5) is 0 Å². The van der Waals surface area contributed by atoms with Gasteiger partial charge in [-0.15, -0.1) is 0 Å². The molecule has 1 aliphatic carbocycles. The average Bonchev–Trinajstić information content (AvgIpc) is 3.00. The van der Waals surface area contributed by atoms with Gasteiger partial charge in [0.25, 0.3) is 0 Å². The van der Waals surface area contributed by atoms with Gasteiger partial charge in [-0.2, -0.15) is 0 Å². The summed E-state index contributed by atoms with van der Waals surface area (Å²) >= 11 is 0. The van der Waals surface area contributed by atoms with Crippen molar-refractivity contribution >= 4 is 17.7 Å². The fraction of sp³-hybridized carbons (Fsp3) is 0.500. The number of benzene rings is 1. The number of hydrogen-bond acceptors (Lipinski definition) is 4. The minimum atomic E-state index is -0.841. The minimum absolute atomic E-state index is 0.0237. The maximum absolute atomic E-state index is 11.9. The fourth-order valence-corrected chi connectivity index (χ4v) is 2.93. The van der Waals surface area contributed by atoms with Crippen molar-refractivity contribution in [2.75, 3.05) is 6.61 Å². The van der Waals surface area contributed by atoms with E-state index >= 15 is 0 Å². The van der Waals surface area contributed by atoms with Crippen LogP contribution in [-0.2, 0) is 9.59 Å². The quantitative estimate of drug-likeness (QED) is 0.563. The standard InChI is InChI=1S/C18H23NO5/c1-12(20)13-5-2-6-14(11-13)24-10-4-9-17(21)19-16-8-3-7-15(16)18(22)23/h2,5-6,11,15-16H,3-4,7-10H2,1H3,(H,19,21)(H,22,23)/t15-,16+/m0/s1. The first kappa shape index (κ1) is 18.0. The number of carbonyl (C=O) groups excluding carboxylic acids is 2. The molecule has 130 valence electrons. The molecule has 0 saturated heterocycles. The number of rotatable bonds is 8. The largest absolute Gasteiger partial charge is 0.494 e. The van der Waals surface area contributed by atoms with Gasteiger partial charge in [0, 0.05) is 18.0 Å². The topological polar surface area (TPSA) is 92.7 Å². The van der Waals surface area contributed by atoms with Crippen molar-refractivity contribution in [3.8, 4) is 5.75 Å². The number of ether oxygens (including phenoxy) is 1. The van der Waals surface area contributed by atoms with Gasteiger partial charge >= 0.3 is 5.97 Å². The second-order valence-corrected chi connectivity index (χ2v) is 6.09. The predicted molar refractivity (Wildman–Crippen MR) is 88.1 cm³/mol. The van der Waals surface area contributed by atoms with Crippen molar-refractivity contribution in [3.05, 3.63) is 29.8 Å². The Kier molecular flexibility index (Phi) is 6.35. The minimum Gasteiger partial charge on any atom is -0.494 e. The van der Waals surface area contributed by atoms with E-state index in [2.05, 4.69) is 5.32 Å². The molecule has 1 fully saturated rings. The maximum atomic E-state index is 11.9. The van der Waals surface area contributed by atoms with Gasteiger partial charge in [-0.05, 0) is 38.3 Å². The molecule has 2 rings (SSSR count). The summed E-state index contributed by atoms with van der Waals surface area (Å²) in [6.45, 7) is 1.86. The fourth-order valence-electron chi connectivity index (χ4n) is 2.93. The number of carboxylic acid groups (broad SMARTS) is 1. The van der Waals surface area contributed by atoms with Gasteiger partial charge in [0.1, 0.15) is 5.75 Å². The second kappa shape index (κ2) is 8.47. The molecule has 0 spiro atoms. The van der Waals surface area contributed by atoms with Gasteiger partial charge in [0.05, 0.1) is 12.5 Å². The van der Waals surface area contributed by atoms with Crippen molar-refractivity contribution in [2.24, 2.45) is 5.92 Å². The monoisotopic (exact) mass is 333 g/mol. The molecule has 0 aromatic heterocycles. The van der Waals surface area contributed by atoms with Crippen molar-refractivity contribution in [1.82, 2.24) is 5.32 Å². The first-order valence-electron chi connectivity index (χ1n) is 8.23. The Hall–Kier alpha value is -2.37. The normalized spacial score (nSPS) is 19.7. The lowest BCUT2D eigenvalue weighted by atomic mass is 10.0. The zero-order valence-electron chi connectivity index (χ0n) is 13.8. The van der Waals surface area contributed by atoms with Gasteiger partial charge in [-0.3, -0.25) is 14.4 Å². The number of nitrogens with one attached hydrogen (secondary N) is 1. The third-order valence-electron chi connectivity index (χ3n) is 4.24. The van der Waals surface area contributed by atoms with Crippen LogP contribution in [0.1, 0.15) is 49.4 Å². The van der Waals surface area contributed by atoms with Crippen LogP contribution in [0.3, 0.4) is 0 Å². The molecule has 6 heteroatoms. The summed E-state index contributed by atoms with van der Waals surface area (Å²) in [5, 5.41) is 11.9. The Bertz CT molecular complexity index is 613. The van der Waals surface area contributed by atoms with E-state index in [9.17, 15) is 14.4 Å². The van der Waals surface area contributed by atoms with Crippen LogP contribution in [0, 0.1) is 5.92 Å². The van der Waals surface area contributed by atoms with E-state index in [-0.39, 0.29) is 24.2 Å². The molecule has 6 nitrogen and oxygen atoms in total. The van der Waals surface area contributed by atoms with Gasteiger partial charge in [-0.25, -0.2) is 0 Å². The van der Waals surface area contributed by atoms with Gasteiger partial charge in [-0.1, -0.05) is 18.6 Å². The van der Waals surface area contributed by atoms with Crippen molar-refractivity contribution in [2.45, 2.75) is 45.1 Å². The Morgan fingerprint density at radius 2 is 2.08 bits per heavy atom. The molecule has 0 radical (unpaired) electrons. The highest BCUT2D eigenvalue weighted by atomic mass is 16.5. The van der Waals surface area contributed by atoms with E-state index in [1.165, 1.54) is 6.92 Å². The Labute approximate surface area is 141 Å². The highest BCUT2D eigenvalue weighted by molar-refractivity contribution is 5.94. The zero-order valence-corrected chi connectivity index (χ0v) is 13.8. The summed E-state index contributed by atoms with van der Waals surface area (Å²) in [6.07, 6.45) is 2.99. The molecule has 1 saturated carbocycles. The predicted octanol–water partition coefficient (Wildman–Crippen LogP) is 2.42. The lowest BCUT2D eigenvalue weighted by molar-refractivity contribution is -0.142. The van der Waals surface area contributed by atoms with Crippen LogP contribution in [-0.4, -0.2) is 35.4 Å². The smallest absolute Gasteiger partial charge is 0.308 e. The molecular weight excluding hydrogens is 310 g/mol.